The summed E-state index contributed by atoms with van der Waals surface area (Å²) < 4.78 is 2.31. The van der Waals surface area contributed by atoms with Gasteiger partial charge in [0.05, 0.1) is 28.5 Å². The monoisotopic (exact) mass is 403 g/mol. The maximum atomic E-state index is 13.2. The molecule has 158 valence electrons. The van der Waals surface area contributed by atoms with Crippen LogP contribution in [0, 0.1) is 0 Å². The molecule has 30 heavy (non-hydrogen) atoms. The van der Waals surface area contributed by atoms with E-state index in [4.69, 9.17) is 4.98 Å². The molecular weight excluding hydrogens is 370 g/mol. The first-order valence-electron chi connectivity index (χ1n) is 11.3. The van der Waals surface area contributed by atoms with E-state index >= 15 is 0 Å². The SMILES string of the molecule is CCCCCN1C(=O)C(C)(C)c2cc3c(cc21)ncn3C(CC)Cc1ccccc1. The van der Waals surface area contributed by atoms with Crippen LogP contribution in [0.2, 0.25) is 0 Å². The summed E-state index contributed by atoms with van der Waals surface area (Å²) in [5.74, 6) is 0.212. The number of fused-ring (bicyclic) bond motifs is 2. The number of hydrogen-bond donors (Lipinski definition) is 0. The molecule has 1 aliphatic heterocycles. The summed E-state index contributed by atoms with van der Waals surface area (Å²) in [6, 6.07) is 15.3. The summed E-state index contributed by atoms with van der Waals surface area (Å²) >= 11 is 0. The van der Waals surface area contributed by atoms with E-state index in [-0.39, 0.29) is 5.91 Å². The van der Waals surface area contributed by atoms with Crippen LogP contribution in [0.1, 0.15) is 70.5 Å². The van der Waals surface area contributed by atoms with E-state index in [0.717, 1.165) is 60.9 Å². The first kappa shape index (κ1) is 20.6. The lowest BCUT2D eigenvalue weighted by molar-refractivity contribution is -0.122. The molecule has 4 rings (SSSR count). The number of aromatic nitrogens is 2. The molecule has 0 radical (unpaired) electrons. The average Bonchev–Trinajstić information content (AvgIpc) is 3.24. The minimum atomic E-state index is -0.494. The zero-order chi connectivity index (χ0) is 21.3. The second-order valence-corrected chi connectivity index (χ2v) is 9.05. The Morgan fingerprint density at radius 1 is 1.07 bits per heavy atom. The Bertz CT molecular complexity index is 1040. The molecule has 0 bridgehead atoms. The molecule has 0 spiro atoms. The quantitative estimate of drug-likeness (QED) is 0.430. The van der Waals surface area contributed by atoms with Gasteiger partial charge >= 0.3 is 0 Å². The molecule has 2 aromatic carbocycles. The number of amides is 1. The lowest BCUT2D eigenvalue weighted by atomic mass is 9.86. The molecule has 1 unspecified atom stereocenters. The summed E-state index contributed by atoms with van der Waals surface area (Å²) in [5, 5.41) is 0. The average molecular weight is 404 g/mol. The Morgan fingerprint density at radius 2 is 1.83 bits per heavy atom. The molecule has 4 nitrogen and oxygen atoms in total. The molecule has 3 aromatic rings. The highest BCUT2D eigenvalue weighted by atomic mass is 16.2. The van der Waals surface area contributed by atoms with Crippen LogP contribution in [-0.2, 0) is 16.6 Å². The van der Waals surface area contributed by atoms with Crippen molar-refractivity contribution < 1.29 is 4.79 Å². The van der Waals surface area contributed by atoms with Crippen molar-refractivity contribution in [2.75, 3.05) is 11.4 Å². The van der Waals surface area contributed by atoms with Crippen LogP contribution in [0.5, 0.6) is 0 Å². The maximum Gasteiger partial charge on any atom is 0.237 e. The number of carbonyl (C=O) groups is 1. The number of carbonyl (C=O) groups excluding carboxylic acids is 1. The number of anilines is 1. The van der Waals surface area contributed by atoms with E-state index in [0.29, 0.717) is 6.04 Å². The molecule has 0 aliphatic carbocycles. The molecule has 2 heterocycles. The zero-order valence-corrected chi connectivity index (χ0v) is 18.7. The van der Waals surface area contributed by atoms with E-state index in [2.05, 4.69) is 74.7 Å². The fourth-order valence-electron chi connectivity index (χ4n) is 4.71. The lowest BCUT2D eigenvalue weighted by Gasteiger charge is -2.20. The van der Waals surface area contributed by atoms with Crippen molar-refractivity contribution in [3.05, 3.63) is 59.9 Å². The molecule has 0 saturated heterocycles. The first-order valence-corrected chi connectivity index (χ1v) is 11.3. The fourth-order valence-corrected chi connectivity index (χ4v) is 4.71. The third-order valence-corrected chi connectivity index (χ3v) is 6.60. The first-order chi connectivity index (χ1) is 14.5. The van der Waals surface area contributed by atoms with Crippen LogP contribution in [0.3, 0.4) is 0 Å². The molecule has 4 heteroatoms. The summed E-state index contributed by atoms with van der Waals surface area (Å²) in [6.45, 7) is 9.33. The number of imidazole rings is 1. The van der Waals surface area contributed by atoms with Gasteiger partial charge in [0.25, 0.3) is 0 Å². The summed E-state index contributed by atoms with van der Waals surface area (Å²) in [7, 11) is 0. The second-order valence-electron chi connectivity index (χ2n) is 9.05. The minimum absolute atomic E-state index is 0.212. The highest BCUT2D eigenvalue weighted by Gasteiger charge is 2.44. The maximum absolute atomic E-state index is 13.2. The normalized spacial score (nSPS) is 16.3. The van der Waals surface area contributed by atoms with Crippen molar-refractivity contribution >= 4 is 22.6 Å². The largest absolute Gasteiger partial charge is 0.327 e. The van der Waals surface area contributed by atoms with Crippen molar-refractivity contribution in [2.24, 2.45) is 0 Å². The third kappa shape index (κ3) is 3.53. The van der Waals surface area contributed by atoms with Crippen LogP contribution in [0.15, 0.2) is 48.8 Å². The van der Waals surface area contributed by atoms with Crippen molar-refractivity contribution in [3.8, 4) is 0 Å². The van der Waals surface area contributed by atoms with Gasteiger partial charge in [0.2, 0.25) is 5.91 Å². The van der Waals surface area contributed by atoms with Gasteiger partial charge < -0.3 is 9.47 Å². The van der Waals surface area contributed by atoms with Gasteiger partial charge in [-0.3, -0.25) is 4.79 Å². The van der Waals surface area contributed by atoms with E-state index in [1.165, 1.54) is 5.56 Å². The van der Waals surface area contributed by atoms with Crippen LogP contribution in [0.4, 0.5) is 5.69 Å². The highest BCUT2D eigenvalue weighted by Crippen LogP contribution is 2.44. The molecule has 1 atom stereocenters. The molecule has 0 N–H and O–H groups in total. The van der Waals surface area contributed by atoms with Gasteiger partial charge in [-0.05, 0) is 56.4 Å². The van der Waals surface area contributed by atoms with E-state index in [1.807, 2.05) is 11.2 Å². The van der Waals surface area contributed by atoms with E-state index < -0.39 is 5.41 Å². The Hall–Kier alpha value is -2.62. The van der Waals surface area contributed by atoms with Crippen molar-refractivity contribution in [2.45, 2.75) is 71.3 Å². The highest BCUT2D eigenvalue weighted by molar-refractivity contribution is 6.09. The molecule has 1 aliphatic rings. The van der Waals surface area contributed by atoms with Gasteiger partial charge in [-0.2, -0.15) is 0 Å². The van der Waals surface area contributed by atoms with Gasteiger partial charge in [0.1, 0.15) is 0 Å². The van der Waals surface area contributed by atoms with Crippen LogP contribution < -0.4 is 4.90 Å². The molecule has 1 amide bonds. The van der Waals surface area contributed by atoms with E-state index in [1.54, 1.807) is 0 Å². The molecule has 0 fully saturated rings. The Labute approximate surface area is 179 Å². The third-order valence-electron chi connectivity index (χ3n) is 6.60. The summed E-state index contributed by atoms with van der Waals surface area (Å²) in [6.07, 6.45) is 7.33. The fraction of sp³-hybridized carbons (Fsp3) is 0.462. The summed E-state index contributed by atoms with van der Waals surface area (Å²) in [4.78, 5) is 19.9. The van der Waals surface area contributed by atoms with Gasteiger partial charge in [-0.25, -0.2) is 4.98 Å². The number of rotatable bonds is 8. The number of unbranched alkanes of at least 4 members (excludes halogenated alkanes) is 2. The standard InChI is InChI=1S/C26H33N3O/c1-5-7-11-14-28-23-17-22-24(16-21(23)26(3,4)25(28)30)29(18-27-22)20(6-2)15-19-12-9-8-10-13-19/h8-10,12-13,16-18,20H,5-7,11,14-15H2,1-4H3. The van der Waals surface area contributed by atoms with Crippen LogP contribution >= 0.6 is 0 Å². The number of hydrogen-bond acceptors (Lipinski definition) is 2. The van der Waals surface area contributed by atoms with Crippen molar-refractivity contribution in [1.82, 2.24) is 9.55 Å². The zero-order valence-electron chi connectivity index (χ0n) is 18.7. The van der Waals surface area contributed by atoms with Crippen molar-refractivity contribution in [3.63, 3.8) is 0 Å². The molecule has 0 saturated carbocycles. The van der Waals surface area contributed by atoms with E-state index in [9.17, 15) is 4.79 Å². The van der Waals surface area contributed by atoms with Gasteiger partial charge in [-0.15, -0.1) is 0 Å². The number of benzene rings is 2. The van der Waals surface area contributed by atoms with Gasteiger partial charge in [0.15, 0.2) is 0 Å². The predicted molar refractivity (Wildman–Crippen MR) is 124 cm³/mol. The van der Waals surface area contributed by atoms with Gasteiger partial charge in [-0.1, -0.05) is 57.0 Å². The predicted octanol–water partition coefficient (Wildman–Crippen LogP) is 6.04. The smallest absolute Gasteiger partial charge is 0.237 e. The van der Waals surface area contributed by atoms with Gasteiger partial charge in [0, 0.05) is 12.6 Å². The van der Waals surface area contributed by atoms with Crippen LogP contribution in [0.25, 0.3) is 11.0 Å². The second kappa shape index (κ2) is 8.25. The van der Waals surface area contributed by atoms with Crippen molar-refractivity contribution in [1.29, 1.82) is 0 Å². The molecule has 1 aromatic heterocycles. The Kier molecular flexibility index (Phi) is 5.68. The topological polar surface area (TPSA) is 38.1 Å². The Balaban J connectivity index is 1.73. The number of nitrogens with zero attached hydrogens (tertiary/aromatic N) is 3. The minimum Gasteiger partial charge on any atom is -0.327 e. The summed E-state index contributed by atoms with van der Waals surface area (Å²) in [5.41, 5.74) is 5.14. The molecular formula is C26H33N3O. The van der Waals surface area contributed by atoms with Crippen LogP contribution in [-0.4, -0.2) is 22.0 Å². The Morgan fingerprint density at radius 3 is 2.53 bits per heavy atom. The lowest BCUT2D eigenvalue weighted by Crippen LogP contribution is -2.36.